The molecule has 0 amide bonds. The van der Waals surface area contributed by atoms with Gasteiger partial charge >= 0.3 is 0 Å². The van der Waals surface area contributed by atoms with Crippen molar-refractivity contribution in [3.8, 4) is 0 Å². The van der Waals surface area contributed by atoms with Crippen LogP contribution in [0.3, 0.4) is 0 Å². The van der Waals surface area contributed by atoms with Gasteiger partial charge < -0.3 is 5.50 Å². The summed E-state index contributed by atoms with van der Waals surface area (Å²) in [4.78, 5) is 0. The number of rotatable bonds is 0. The van der Waals surface area contributed by atoms with Crippen LogP contribution in [0.25, 0.3) is 0 Å². The highest BCUT2D eigenvalue weighted by Gasteiger charge is 0.906. The van der Waals surface area contributed by atoms with Crippen LogP contribution in [0.15, 0.2) is 0 Å². The predicted octanol–water partition coefficient (Wildman–Crippen LogP) is 0.227. The van der Waals surface area contributed by atoms with Gasteiger partial charge in [0.15, 0.2) is 0 Å². The number of hydrogen-bond donors (Lipinski definition) is 1. The lowest BCUT2D eigenvalue weighted by molar-refractivity contribution is 2.06. The van der Waals surface area contributed by atoms with Crippen molar-refractivity contribution in [2.75, 3.05) is 6.66 Å². The van der Waals surface area contributed by atoms with E-state index in [0.29, 0.717) is 0 Å². The lowest BCUT2D eigenvalue weighted by atomic mass is 12.0. The van der Waals surface area contributed by atoms with Crippen molar-refractivity contribution < 1.29 is 0 Å². The van der Waals surface area contributed by atoms with Crippen molar-refractivity contribution in [1.29, 1.82) is 0 Å². The van der Waals surface area contributed by atoms with E-state index in [9.17, 15) is 0 Å². The SMILES string of the molecule is CP.NP. The summed E-state index contributed by atoms with van der Waals surface area (Å²) >= 11 is 0. The lowest BCUT2D eigenvalue weighted by Gasteiger charge is -1.20. The van der Waals surface area contributed by atoms with Crippen LogP contribution in [-0.4, -0.2) is 6.66 Å². The fraction of sp³-hybridized carbons (Fsp3) is 1.00. The highest BCUT2D eigenvalue weighted by molar-refractivity contribution is 7.15. The molecule has 0 spiro atoms. The molecule has 2 unspecified atom stereocenters. The van der Waals surface area contributed by atoms with E-state index in [1.807, 2.05) is 16.1 Å². The van der Waals surface area contributed by atoms with Gasteiger partial charge in [-0.25, -0.2) is 0 Å². The molecular weight excluding hydrogens is 88.0 g/mol. The highest BCUT2D eigenvalue weighted by Crippen LogP contribution is 1.46. The highest BCUT2D eigenvalue weighted by atomic mass is 31.0. The molecule has 0 radical (unpaired) electrons. The largest absolute Gasteiger partial charge is 0.314 e. The van der Waals surface area contributed by atoms with Gasteiger partial charge in [-0.05, 0) is 0 Å². The molecule has 0 aromatic heterocycles. The minimum atomic E-state index is 1.92. The van der Waals surface area contributed by atoms with Gasteiger partial charge in [0.25, 0.3) is 0 Å². The van der Waals surface area contributed by atoms with Crippen molar-refractivity contribution in [3.63, 3.8) is 0 Å². The van der Waals surface area contributed by atoms with Crippen molar-refractivity contribution in [3.05, 3.63) is 0 Å². The topological polar surface area (TPSA) is 26.0 Å². The minimum absolute atomic E-state index is 1.92. The Morgan fingerprint density at radius 2 is 1.25 bits per heavy atom. The predicted molar refractivity (Wildman–Crippen MR) is 29.5 cm³/mol. The van der Waals surface area contributed by atoms with Crippen LogP contribution in [0.5, 0.6) is 0 Å². The Balaban J connectivity index is 0. The molecule has 0 aromatic rings. The molecule has 0 aliphatic heterocycles. The van der Waals surface area contributed by atoms with E-state index in [1.54, 1.807) is 0 Å². The van der Waals surface area contributed by atoms with Crippen molar-refractivity contribution in [1.82, 2.24) is 0 Å². The van der Waals surface area contributed by atoms with E-state index in [1.165, 1.54) is 0 Å². The third kappa shape index (κ3) is 13.9. The maximum Gasteiger partial charge on any atom is -0.0500 e. The normalized spacial score (nSPS) is 3.00. The Kier molecular flexibility index (Phi) is 99.9. The van der Waals surface area contributed by atoms with E-state index in [0.717, 1.165) is 0 Å². The summed E-state index contributed by atoms with van der Waals surface area (Å²) in [5.41, 5.74) is 4.42. The van der Waals surface area contributed by atoms with Crippen LogP contribution in [0.2, 0.25) is 0 Å². The fourth-order valence-electron chi connectivity index (χ4n) is 0. The third-order valence-corrected chi connectivity index (χ3v) is 0. The van der Waals surface area contributed by atoms with Gasteiger partial charge in [0.1, 0.15) is 0 Å². The molecule has 0 bridgehead atoms. The monoisotopic (exact) mass is 97.0 g/mol. The summed E-state index contributed by atoms with van der Waals surface area (Å²) in [6, 6.07) is 0. The van der Waals surface area contributed by atoms with Crippen LogP contribution in [0.1, 0.15) is 0 Å². The van der Waals surface area contributed by atoms with Crippen molar-refractivity contribution in [2.45, 2.75) is 0 Å². The maximum absolute atomic E-state index is 4.42. The Morgan fingerprint density at radius 1 is 1.25 bits per heavy atom. The summed E-state index contributed by atoms with van der Waals surface area (Å²) < 4.78 is 0. The molecule has 2 N–H and O–H groups in total. The Bertz CT molecular complexity index is 6.00. The number of nitrogens with two attached hydrogens (primary N) is 1. The first kappa shape index (κ1) is 8.84. The summed E-state index contributed by atoms with van der Waals surface area (Å²) in [7, 11) is 4.33. The van der Waals surface area contributed by atoms with Crippen molar-refractivity contribution in [2.24, 2.45) is 5.50 Å². The van der Waals surface area contributed by atoms with Gasteiger partial charge in [0.05, 0.1) is 0 Å². The second kappa shape index (κ2) is 45.2. The quantitative estimate of drug-likeness (QED) is 0.430. The van der Waals surface area contributed by atoms with Gasteiger partial charge in [0, 0.05) is 0 Å². The lowest BCUT2D eigenvalue weighted by Crippen LogP contribution is -1.45. The van der Waals surface area contributed by atoms with E-state index >= 15 is 0 Å². The molecule has 0 aliphatic carbocycles. The zero-order valence-corrected chi connectivity index (χ0v) is 5.04. The molecule has 2 atom stereocenters. The van der Waals surface area contributed by atoms with Crippen LogP contribution in [-0.2, 0) is 0 Å². The summed E-state index contributed by atoms with van der Waals surface area (Å²) in [6.07, 6.45) is 0. The van der Waals surface area contributed by atoms with Gasteiger partial charge in [-0.3, -0.25) is 0 Å². The van der Waals surface area contributed by atoms with Gasteiger partial charge in [-0.2, -0.15) is 0 Å². The third-order valence-electron chi connectivity index (χ3n) is 0. The van der Waals surface area contributed by atoms with E-state index in [2.05, 4.69) is 14.7 Å². The first-order valence-corrected chi connectivity index (χ1v) is 2.73. The maximum atomic E-state index is 4.42. The van der Waals surface area contributed by atoms with Crippen LogP contribution < -0.4 is 5.50 Å². The minimum Gasteiger partial charge on any atom is -0.314 e. The molecule has 0 aliphatic rings. The van der Waals surface area contributed by atoms with Gasteiger partial charge in [-0.15, -0.1) is 9.24 Å². The Hall–Kier alpha value is 0.820. The van der Waals surface area contributed by atoms with Crippen LogP contribution >= 0.6 is 18.6 Å². The molecule has 3 heteroatoms. The van der Waals surface area contributed by atoms with Gasteiger partial charge in [0.2, 0.25) is 0 Å². The molecule has 0 heterocycles. The number of hydrogen-bond acceptors (Lipinski definition) is 1. The zero-order valence-electron chi connectivity index (χ0n) is 2.73. The fourth-order valence-corrected chi connectivity index (χ4v) is 0. The first-order chi connectivity index (χ1) is 2.00. The average Bonchev–Trinajstić information content (AvgIpc) is 1.50. The van der Waals surface area contributed by atoms with E-state index in [-0.39, 0.29) is 0 Å². The van der Waals surface area contributed by atoms with Gasteiger partial charge in [-0.1, -0.05) is 16.1 Å². The summed E-state index contributed by atoms with van der Waals surface area (Å²) in [6.45, 7) is 1.92. The summed E-state index contributed by atoms with van der Waals surface area (Å²) in [5.74, 6) is 0. The van der Waals surface area contributed by atoms with Crippen molar-refractivity contribution >= 4 is 18.6 Å². The molecule has 0 aromatic carbocycles. The zero-order chi connectivity index (χ0) is 4.00. The smallest absolute Gasteiger partial charge is 0.0500 e. The van der Waals surface area contributed by atoms with Crippen LogP contribution in [0.4, 0.5) is 0 Å². The molecule has 0 saturated heterocycles. The standard InChI is InChI=1S/CH5P.H4NP/c2*1-2/h2H2,1H3;1-2H2. The Labute approximate surface area is 31.8 Å². The van der Waals surface area contributed by atoms with Crippen LogP contribution in [0, 0.1) is 0 Å². The Morgan fingerprint density at radius 3 is 1.25 bits per heavy atom. The molecule has 1 nitrogen and oxygen atoms in total. The van der Waals surface area contributed by atoms with E-state index in [4.69, 9.17) is 0 Å². The molecule has 0 rings (SSSR count). The average molecular weight is 97.0 g/mol. The summed E-state index contributed by atoms with van der Waals surface area (Å²) in [5, 5.41) is 0. The second-order valence-corrected chi connectivity index (χ2v) is 0. The molecular formula is CH9NP2. The molecule has 0 saturated carbocycles. The molecule has 0 fully saturated rings. The molecule has 4 heavy (non-hydrogen) atoms. The molecule has 28 valence electrons. The second-order valence-electron chi connectivity index (χ2n) is 0. The van der Waals surface area contributed by atoms with E-state index < -0.39 is 0 Å². The first-order valence-electron chi connectivity index (χ1n) is 0.911.